The van der Waals surface area contributed by atoms with Crippen molar-refractivity contribution in [3.8, 4) is 0 Å². The first-order valence-electron chi connectivity index (χ1n) is 9.89. The van der Waals surface area contributed by atoms with Gasteiger partial charge in [-0.1, -0.05) is 12.1 Å². The number of hydrogen-bond donors (Lipinski definition) is 1. The topological polar surface area (TPSA) is 62.7 Å². The lowest BCUT2D eigenvalue weighted by Gasteiger charge is -2.27. The van der Waals surface area contributed by atoms with Crippen molar-refractivity contribution in [2.24, 2.45) is 11.8 Å². The SMILES string of the molecule is Cc1cc(C(=O)N2C[C@@H]3[C@H](CO)[C@H]4CC[C@]3(C2)O4)c2ccc(C)c(C)c2n1. The smallest absolute Gasteiger partial charge is 0.254 e. The molecule has 0 radical (unpaired) electrons. The Morgan fingerprint density at radius 1 is 1.37 bits per heavy atom. The molecular weight excluding hydrogens is 340 g/mol. The molecule has 4 heterocycles. The average Bonchev–Trinajstić information content (AvgIpc) is 3.31. The van der Waals surface area contributed by atoms with Crippen molar-refractivity contribution in [1.29, 1.82) is 0 Å². The average molecular weight is 366 g/mol. The van der Waals surface area contributed by atoms with Gasteiger partial charge in [0.05, 0.1) is 29.3 Å². The molecule has 5 heteroatoms. The lowest BCUT2D eigenvalue weighted by Crippen LogP contribution is -2.38. The number of aliphatic hydroxyl groups excluding tert-OH is 1. The number of aromatic nitrogens is 1. The predicted octanol–water partition coefficient (Wildman–Crippen LogP) is 2.77. The van der Waals surface area contributed by atoms with Gasteiger partial charge in [-0.25, -0.2) is 0 Å². The van der Waals surface area contributed by atoms with E-state index in [1.165, 1.54) is 5.56 Å². The van der Waals surface area contributed by atoms with E-state index < -0.39 is 0 Å². The van der Waals surface area contributed by atoms with Gasteiger partial charge in [0.2, 0.25) is 0 Å². The summed E-state index contributed by atoms with van der Waals surface area (Å²) in [7, 11) is 0. The molecule has 0 aliphatic carbocycles. The highest BCUT2D eigenvalue weighted by atomic mass is 16.5. The second kappa shape index (κ2) is 5.76. The van der Waals surface area contributed by atoms with Crippen LogP contribution in [0, 0.1) is 32.6 Å². The Kier molecular flexibility index (Phi) is 3.66. The quantitative estimate of drug-likeness (QED) is 0.888. The number of benzene rings is 1. The van der Waals surface area contributed by atoms with Gasteiger partial charge in [-0.3, -0.25) is 9.78 Å². The lowest BCUT2D eigenvalue weighted by molar-refractivity contribution is 0.00156. The second-order valence-electron chi connectivity index (χ2n) is 8.61. The molecule has 1 N–H and O–H groups in total. The summed E-state index contributed by atoms with van der Waals surface area (Å²) >= 11 is 0. The molecule has 0 saturated carbocycles. The number of carbonyl (C=O) groups is 1. The monoisotopic (exact) mass is 366 g/mol. The van der Waals surface area contributed by atoms with Crippen molar-refractivity contribution in [1.82, 2.24) is 9.88 Å². The van der Waals surface area contributed by atoms with E-state index in [0.29, 0.717) is 13.1 Å². The van der Waals surface area contributed by atoms with Crippen LogP contribution in [0.2, 0.25) is 0 Å². The normalized spacial score (nSPS) is 31.7. The van der Waals surface area contributed by atoms with Gasteiger partial charge < -0.3 is 14.7 Å². The van der Waals surface area contributed by atoms with E-state index in [2.05, 4.69) is 19.9 Å². The van der Waals surface area contributed by atoms with Crippen molar-refractivity contribution in [3.63, 3.8) is 0 Å². The Hall–Kier alpha value is -1.98. The number of likely N-dealkylation sites (tertiary alicyclic amines) is 1. The lowest BCUT2D eigenvalue weighted by atomic mass is 9.74. The van der Waals surface area contributed by atoms with Gasteiger partial charge >= 0.3 is 0 Å². The number of amides is 1. The van der Waals surface area contributed by atoms with E-state index in [1.807, 2.05) is 24.0 Å². The third-order valence-corrected chi connectivity index (χ3v) is 7.15. The van der Waals surface area contributed by atoms with Crippen LogP contribution >= 0.6 is 0 Å². The molecule has 142 valence electrons. The van der Waals surface area contributed by atoms with Gasteiger partial charge in [0.15, 0.2) is 0 Å². The van der Waals surface area contributed by atoms with Crippen LogP contribution in [0.1, 0.15) is 40.0 Å². The molecule has 1 amide bonds. The molecule has 1 aromatic heterocycles. The van der Waals surface area contributed by atoms with Crippen LogP contribution in [-0.4, -0.2) is 52.3 Å². The van der Waals surface area contributed by atoms with Crippen LogP contribution in [0.15, 0.2) is 18.2 Å². The number of aryl methyl sites for hydroxylation is 3. The van der Waals surface area contributed by atoms with E-state index in [4.69, 9.17) is 9.72 Å². The van der Waals surface area contributed by atoms with Crippen LogP contribution in [0.5, 0.6) is 0 Å². The fourth-order valence-electron chi connectivity index (χ4n) is 5.59. The Labute approximate surface area is 159 Å². The molecule has 3 aliphatic rings. The standard InChI is InChI=1S/C22H26N2O3/c1-12-4-5-15-16(8-13(2)23-20(15)14(12)3)21(26)24-9-18-17(10-25)19-6-7-22(18,11-24)27-19/h4-5,8,17-19,25H,6-7,9-11H2,1-3H3/t17-,18+,19+,22+/m0/s1. The fourth-order valence-corrected chi connectivity index (χ4v) is 5.59. The number of rotatable bonds is 2. The number of nitrogens with zero attached hydrogens (tertiary/aromatic N) is 2. The Morgan fingerprint density at radius 2 is 2.19 bits per heavy atom. The van der Waals surface area contributed by atoms with E-state index in [0.717, 1.165) is 40.6 Å². The van der Waals surface area contributed by atoms with Crippen LogP contribution in [0.4, 0.5) is 0 Å². The van der Waals surface area contributed by atoms with Gasteiger partial charge in [0.1, 0.15) is 0 Å². The van der Waals surface area contributed by atoms with Gasteiger partial charge in [-0.15, -0.1) is 0 Å². The van der Waals surface area contributed by atoms with Crippen molar-refractivity contribution in [2.75, 3.05) is 19.7 Å². The first-order valence-corrected chi connectivity index (χ1v) is 9.89. The zero-order chi connectivity index (χ0) is 18.9. The summed E-state index contributed by atoms with van der Waals surface area (Å²) in [6, 6.07) is 5.99. The summed E-state index contributed by atoms with van der Waals surface area (Å²) in [6.07, 6.45) is 2.17. The van der Waals surface area contributed by atoms with Crippen LogP contribution < -0.4 is 0 Å². The number of pyridine rings is 1. The van der Waals surface area contributed by atoms with Crippen LogP contribution in [-0.2, 0) is 4.74 Å². The Bertz CT molecular complexity index is 956. The molecule has 2 bridgehead atoms. The number of ether oxygens (including phenoxy) is 1. The molecule has 3 aliphatic heterocycles. The summed E-state index contributed by atoms with van der Waals surface area (Å²) < 4.78 is 6.28. The maximum absolute atomic E-state index is 13.5. The van der Waals surface area contributed by atoms with Gasteiger partial charge in [0, 0.05) is 36.1 Å². The first-order chi connectivity index (χ1) is 12.9. The minimum Gasteiger partial charge on any atom is -0.396 e. The molecule has 0 unspecified atom stereocenters. The minimum absolute atomic E-state index is 0.0567. The third kappa shape index (κ3) is 2.31. The first kappa shape index (κ1) is 17.1. The highest BCUT2D eigenvalue weighted by molar-refractivity contribution is 6.07. The molecule has 1 aromatic carbocycles. The molecule has 3 fully saturated rings. The summed E-state index contributed by atoms with van der Waals surface area (Å²) in [5.41, 5.74) is 4.59. The Morgan fingerprint density at radius 3 is 2.96 bits per heavy atom. The molecule has 4 atom stereocenters. The molecule has 3 saturated heterocycles. The maximum atomic E-state index is 13.5. The third-order valence-electron chi connectivity index (χ3n) is 7.15. The summed E-state index contributed by atoms with van der Waals surface area (Å²) in [4.78, 5) is 20.1. The van der Waals surface area contributed by atoms with Crippen LogP contribution in [0.3, 0.4) is 0 Å². The van der Waals surface area contributed by atoms with Gasteiger partial charge in [-0.2, -0.15) is 0 Å². The fraction of sp³-hybridized carbons (Fsp3) is 0.545. The summed E-state index contributed by atoms with van der Waals surface area (Å²) in [6.45, 7) is 7.54. The molecule has 27 heavy (non-hydrogen) atoms. The van der Waals surface area contributed by atoms with Crippen molar-refractivity contribution in [3.05, 3.63) is 40.6 Å². The summed E-state index contributed by atoms with van der Waals surface area (Å²) in [5.74, 6) is 0.474. The van der Waals surface area contributed by atoms with Crippen molar-refractivity contribution >= 4 is 16.8 Å². The highest BCUT2D eigenvalue weighted by Gasteiger charge is 2.63. The minimum atomic E-state index is -0.238. The van der Waals surface area contributed by atoms with Gasteiger partial charge in [0.25, 0.3) is 5.91 Å². The highest BCUT2D eigenvalue weighted by Crippen LogP contribution is 2.54. The molecular formula is C22H26N2O3. The van der Waals surface area contributed by atoms with Crippen molar-refractivity contribution < 1.29 is 14.6 Å². The van der Waals surface area contributed by atoms with E-state index in [9.17, 15) is 9.90 Å². The number of hydrogen-bond acceptors (Lipinski definition) is 4. The van der Waals surface area contributed by atoms with E-state index in [-0.39, 0.29) is 36.1 Å². The van der Waals surface area contributed by atoms with E-state index in [1.54, 1.807) is 0 Å². The predicted molar refractivity (Wildman–Crippen MR) is 103 cm³/mol. The zero-order valence-corrected chi connectivity index (χ0v) is 16.2. The Balaban J connectivity index is 1.53. The molecule has 5 rings (SSSR count). The van der Waals surface area contributed by atoms with Gasteiger partial charge in [-0.05, 0) is 50.8 Å². The van der Waals surface area contributed by atoms with E-state index >= 15 is 0 Å². The summed E-state index contributed by atoms with van der Waals surface area (Å²) in [5, 5.41) is 10.7. The molecule has 5 nitrogen and oxygen atoms in total. The van der Waals surface area contributed by atoms with Crippen molar-refractivity contribution in [2.45, 2.75) is 45.3 Å². The number of fused-ring (bicyclic) bond motifs is 2. The second-order valence-corrected chi connectivity index (χ2v) is 8.61. The molecule has 1 spiro atoms. The maximum Gasteiger partial charge on any atom is 0.254 e. The number of carbonyl (C=O) groups excluding carboxylic acids is 1. The molecule has 2 aromatic rings. The van der Waals surface area contributed by atoms with Crippen LogP contribution in [0.25, 0.3) is 10.9 Å². The zero-order valence-electron chi connectivity index (χ0n) is 16.2. The largest absolute Gasteiger partial charge is 0.396 e. The number of aliphatic hydroxyl groups is 1.